The van der Waals surface area contributed by atoms with E-state index in [4.69, 9.17) is 0 Å². The molecule has 0 saturated carbocycles. The summed E-state index contributed by atoms with van der Waals surface area (Å²) in [6.45, 7) is 0.401. The molecule has 23 heavy (non-hydrogen) atoms. The fourth-order valence-corrected chi connectivity index (χ4v) is 2.69. The van der Waals surface area contributed by atoms with Crippen molar-refractivity contribution in [2.24, 2.45) is 0 Å². The average molecular weight is 367 g/mol. The molecule has 114 valence electrons. The monoisotopic (exact) mass is 366 g/mol. The highest BCUT2D eigenvalue weighted by molar-refractivity contribution is 9.09. The van der Waals surface area contributed by atoms with E-state index in [9.17, 15) is 4.79 Å². The number of rotatable bonds is 5. The van der Waals surface area contributed by atoms with Gasteiger partial charge in [0.1, 0.15) is 0 Å². The topological polar surface area (TPSA) is 20.9 Å². The summed E-state index contributed by atoms with van der Waals surface area (Å²) in [5.74, 6) is 0.161. The highest BCUT2D eigenvalue weighted by Gasteiger charge is 2.06. The zero-order valence-electron chi connectivity index (χ0n) is 12.7. The van der Waals surface area contributed by atoms with E-state index in [1.54, 1.807) is 0 Å². The second-order valence-electron chi connectivity index (χ2n) is 5.38. The molecule has 2 nitrogen and oxygen atoms in total. The van der Waals surface area contributed by atoms with Gasteiger partial charge in [0.15, 0.2) is 12.4 Å². The first-order chi connectivity index (χ1) is 11.3. The molecule has 0 saturated heterocycles. The van der Waals surface area contributed by atoms with Crippen molar-refractivity contribution < 1.29 is 9.36 Å². The molecule has 3 rings (SSSR count). The number of alkyl halides is 1. The first kappa shape index (κ1) is 15.6. The molecule has 0 aliphatic carbocycles. The zero-order valence-corrected chi connectivity index (χ0v) is 14.2. The molecule has 0 bridgehead atoms. The van der Waals surface area contributed by atoms with Gasteiger partial charge in [-0.3, -0.25) is 4.79 Å². The minimum Gasteiger partial charge on any atom is -0.292 e. The number of carbonyl (C=O) groups is 1. The average Bonchev–Trinajstić information content (AvgIpc) is 2.61. The number of aromatic nitrogens is 1. The Morgan fingerprint density at radius 2 is 1.70 bits per heavy atom. The van der Waals surface area contributed by atoms with E-state index >= 15 is 0 Å². The standard InChI is InChI=1S/C20H17BrNO/c21-14-19(23)15-22-12-10-16(11-13-22)8-9-18-6-3-5-17-4-1-2-7-20(17)18/h1-13H,14-15H2/q+1/b9-8+. The van der Waals surface area contributed by atoms with E-state index in [1.165, 1.54) is 16.3 Å². The van der Waals surface area contributed by atoms with Crippen LogP contribution in [0.3, 0.4) is 0 Å². The molecule has 0 N–H and O–H groups in total. The molecular weight excluding hydrogens is 350 g/mol. The maximum absolute atomic E-state index is 11.4. The summed E-state index contributed by atoms with van der Waals surface area (Å²) >= 11 is 3.18. The smallest absolute Gasteiger partial charge is 0.207 e. The lowest BCUT2D eigenvalue weighted by Crippen LogP contribution is -2.37. The van der Waals surface area contributed by atoms with Gasteiger partial charge in [-0.1, -0.05) is 70.5 Å². The lowest BCUT2D eigenvalue weighted by Gasteiger charge is -2.01. The Morgan fingerprint density at radius 1 is 0.957 bits per heavy atom. The van der Waals surface area contributed by atoms with Crippen LogP contribution < -0.4 is 4.57 Å². The molecule has 1 heterocycles. The molecule has 2 aromatic carbocycles. The number of hydrogen-bond acceptors (Lipinski definition) is 1. The van der Waals surface area contributed by atoms with Crippen molar-refractivity contribution in [2.45, 2.75) is 6.54 Å². The Labute approximate surface area is 144 Å². The molecule has 0 unspecified atom stereocenters. The van der Waals surface area contributed by atoms with E-state index < -0.39 is 0 Å². The third-order valence-corrected chi connectivity index (χ3v) is 4.33. The summed E-state index contributed by atoms with van der Waals surface area (Å²) < 4.78 is 1.89. The van der Waals surface area contributed by atoms with E-state index in [0.717, 1.165) is 5.56 Å². The number of benzene rings is 2. The lowest BCUT2D eigenvalue weighted by atomic mass is 10.0. The third kappa shape index (κ3) is 3.93. The molecule has 0 fully saturated rings. The van der Waals surface area contributed by atoms with Crippen LogP contribution in [0.15, 0.2) is 67.0 Å². The van der Waals surface area contributed by atoms with Crippen molar-refractivity contribution in [3.63, 3.8) is 0 Å². The van der Waals surface area contributed by atoms with E-state index in [1.807, 2.05) is 29.1 Å². The van der Waals surface area contributed by atoms with Gasteiger partial charge in [-0.25, -0.2) is 0 Å². The van der Waals surface area contributed by atoms with Gasteiger partial charge in [0.05, 0.1) is 5.33 Å². The maximum Gasteiger partial charge on any atom is 0.207 e. The fraction of sp³-hybridized carbons (Fsp3) is 0.100. The normalized spacial score (nSPS) is 11.2. The van der Waals surface area contributed by atoms with E-state index in [-0.39, 0.29) is 5.78 Å². The Hall–Kier alpha value is -2.26. The number of nitrogens with zero attached hydrogens (tertiary/aromatic N) is 1. The quantitative estimate of drug-likeness (QED) is 0.488. The van der Waals surface area contributed by atoms with E-state index in [2.05, 4.69) is 70.5 Å². The number of carbonyl (C=O) groups excluding carboxylic acids is 1. The van der Waals surface area contributed by atoms with Crippen molar-refractivity contribution in [3.8, 4) is 0 Å². The van der Waals surface area contributed by atoms with E-state index in [0.29, 0.717) is 11.9 Å². The second kappa shape index (κ2) is 7.34. The molecular formula is C20H17BrNO+. The second-order valence-corrected chi connectivity index (χ2v) is 5.94. The predicted octanol–water partition coefficient (Wildman–Crippen LogP) is 4.26. The summed E-state index contributed by atoms with van der Waals surface area (Å²) in [6.07, 6.45) is 8.09. The zero-order chi connectivity index (χ0) is 16.1. The van der Waals surface area contributed by atoms with Gasteiger partial charge < -0.3 is 0 Å². The predicted molar refractivity (Wildman–Crippen MR) is 98.3 cm³/mol. The van der Waals surface area contributed by atoms with Crippen LogP contribution in [0.5, 0.6) is 0 Å². The molecule has 3 heteroatoms. The van der Waals surface area contributed by atoms with Gasteiger partial charge in [-0.05, 0) is 21.9 Å². The van der Waals surface area contributed by atoms with Gasteiger partial charge in [-0.2, -0.15) is 4.57 Å². The van der Waals surface area contributed by atoms with Crippen molar-refractivity contribution >= 4 is 44.6 Å². The van der Waals surface area contributed by atoms with Crippen LogP contribution in [-0.2, 0) is 11.3 Å². The Morgan fingerprint density at radius 3 is 2.48 bits per heavy atom. The van der Waals surface area contributed by atoms with Crippen molar-refractivity contribution in [1.82, 2.24) is 0 Å². The van der Waals surface area contributed by atoms with Crippen LogP contribution in [0, 0.1) is 0 Å². The number of fused-ring (bicyclic) bond motifs is 1. The molecule has 0 radical (unpaired) electrons. The van der Waals surface area contributed by atoms with Crippen LogP contribution in [0.25, 0.3) is 22.9 Å². The molecule has 1 aromatic heterocycles. The summed E-state index contributed by atoms with van der Waals surface area (Å²) in [5.41, 5.74) is 2.31. The molecule has 0 amide bonds. The fourth-order valence-electron chi connectivity index (χ4n) is 2.51. The molecule has 3 aromatic rings. The molecule has 0 spiro atoms. The van der Waals surface area contributed by atoms with Gasteiger partial charge in [0.2, 0.25) is 12.3 Å². The van der Waals surface area contributed by atoms with Gasteiger partial charge >= 0.3 is 0 Å². The van der Waals surface area contributed by atoms with Crippen LogP contribution in [0.2, 0.25) is 0 Å². The van der Waals surface area contributed by atoms with Crippen molar-refractivity contribution in [2.75, 3.05) is 5.33 Å². The molecule has 0 aliphatic rings. The SMILES string of the molecule is O=C(CBr)C[n+]1ccc(/C=C/c2cccc3ccccc23)cc1. The van der Waals surface area contributed by atoms with Crippen molar-refractivity contribution in [1.29, 1.82) is 0 Å². The summed E-state index contributed by atoms with van der Waals surface area (Å²) in [4.78, 5) is 11.4. The van der Waals surface area contributed by atoms with Crippen LogP contribution in [0.4, 0.5) is 0 Å². The highest BCUT2D eigenvalue weighted by atomic mass is 79.9. The first-order valence-electron chi connectivity index (χ1n) is 7.49. The Kier molecular flexibility index (Phi) is 4.99. The molecule has 0 aliphatic heterocycles. The van der Waals surface area contributed by atoms with Gasteiger partial charge in [0.25, 0.3) is 0 Å². The maximum atomic E-state index is 11.4. The van der Waals surface area contributed by atoms with Gasteiger partial charge in [-0.15, -0.1) is 0 Å². The van der Waals surface area contributed by atoms with Crippen LogP contribution in [0.1, 0.15) is 11.1 Å². The number of hydrogen-bond donors (Lipinski definition) is 0. The number of Topliss-reactive ketones (excluding diaryl/α,β-unsaturated/α-hetero) is 1. The largest absolute Gasteiger partial charge is 0.292 e. The Bertz CT molecular complexity index is 848. The van der Waals surface area contributed by atoms with Crippen molar-refractivity contribution in [3.05, 3.63) is 78.1 Å². The minimum absolute atomic E-state index is 0.161. The third-order valence-electron chi connectivity index (χ3n) is 3.70. The van der Waals surface area contributed by atoms with Crippen LogP contribution >= 0.6 is 15.9 Å². The highest BCUT2D eigenvalue weighted by Crippen LogP contribution is 2.20. The minimum atomic E-state index is 0.161. The molecule has 0 atom stereocenters. The number of pyridine rings is 1. The Balaban J connectivity index is 1.80. The van der Waals surface area contributed by atoms with Gasteiger partial charge in [0, 0.05) is 12.1 Å². The summed E-state index contributed by atoms with van der Waals surface area (Å²) in [6, 6.07) is 18.7. The summed E-state index contributed by atoms with van der Waals surface area (Å²) in [5, 5.41) is 2.89. The number of ketones is 1. The number of halogens is 1. The summed E-state index contributed by atoms with van der Waals surface area (Å²) in [7, 11) is 0. The lowest BCUT2D eigenvalue weighted by molar-refractivity contribution is -0.684. The first-order valence-corrected chi connectivity index (χ1v) is 8.61. The van der Waals surface area contributed by atoms with Crippen LogP contribution in [-0.4, -0.2) is 11.1 Å².